The number of alkyl carbamates (subject to hydrolysis) is 1. The molecule has 1 aliphatic heterocycles. The van der Waals surface area contributed by atoms with Gasteiger partial charge in [0.05, 0.1) is 25.3 Å². The Balaban J connectivity index is 1.44. The summed E-state index contributed by atoms with van der Waals surface area (Å²) in [6.07, 6.45) is 0.191. The molecule has 4 rings (SSSR count). The summed E-state index contributed by atoms with van der Waals surface area (Å²) in [6.45, 7) is 6.12. The van der Waals surface area contributed by atoms with Crippen LogP contribution in [0.4, 0.5) is 4.79 Å². The molecule has 2 amide bonds. The van der Waals surface area contributed by atoms with Crippen LogP contribution < -0.4 is 20.1 Å². The van der Waals surface area contributed by atoms with Crippen LogP contribution in [0.3, 0.4) is 0 Å². The zero-order chi connectivity index (χ0) is 29.4. The summed E-state index contributed by atoms with van der Waals surface area (Å²) in [5, 5.41) is 5.66. The van der Waals surface area contributed by atoms with Gasteiger partial charge in [-0.3, -0.25) is 4.79 Å². The zero-order valence-corrected chi connectivity index (χ0v) is 23.8. The first-order valence-electron chi connectivity index (χ1n) is 13.5. The Labute approximate surface area is 240 Å². The lowest BCUT2D eigenvalue weighted by Crippen LogP contribution is -2.43. The van der Waals surface area contributed by atoms with Crippen LogP contribution in [0.5, 0.6) is 11.5 Å². The van der Waals surface area contributed by atoms with Gasteiger partial charge in [0.25, 0.3) is 5.91 Å². The predicted molar refractivity (Wildman–Crippen MR) is 153 cm³/mol. The van der Waals surface area contributed by atoms with Crippen LogP contribution in [0, 0.1) is 0 Å². The molecule has 2 atom stereocenters. The smallest absolute Gasteiger partial charge is 0.408 e. The van der Waals surface area contributed by atoms with Gasteiger partial charge in [-0.05, 0) is 50.1 Å². The van der Waals surface area contributed by atoms with Crippen molar-refractivity contribution in [2.45, 2.75) is 57.9 Å². The van der Waals surface area contributed by atoms with Crippen LogP contribution in [-0.2, 0) is 27.3 Å². The highest BCUT2D eigenvalue weighted by Gasteiger charge is 2.30. The minimum atomic E-state index is -0.932. The third-order valence-electron chi connectivity index (χ3n) is 6.41. The number of carbonyl (C=O) groups excluding carboxylic acids is 3. The molecule has 9 heteroatoms. The van der Waals surface area contributed by atoms with Gasteiger partial charge in [-0.15, -0.1) is 0 Å². The minimum Gasteiger partial charge on any atom is -0.492 e. The molecular weight excluding hydrogens is 524 g/mol. The van der Waals surface area contributed by atoms with E-state index in [1.165, 1.54) is 7.11 Å². The average Bonchev–Trinajstić information content (AvgIpc) is 2.95. The SMILES string of the molecule is COC(=O)C(Cc1ccc(OCc2ccccc2)cc1)NC(=O)c1cccc2c1OCCC2NC(=O)OC(C)(C)C. The first-order chi connectivity index (χ1) is 19.6. The van der Waals surface area contributed by atoms with E-state index in [2.05, 4.69) is 10.6 Å². The highest BCUT2D eigenvalue weighted by atomic mass is 16.6. The molecule has 41 heavy (non-hydrogen) atoms. The molecule has 3 aromatic carbocycles. The van der Waals surface area contributed by atoms with E-state index in [0.29, 0.717) is 36.7 Å². The first-order valence-corrected chi connectivity index (χ1v) is 13.5. The Bertz CT molecular complexity index is 1350. The van der Waals surface area contributed by atoms with E-state index in [4.69, 9.17) is 18.9 Å². The second kappa shape index (κ2) is 13.2. The number of para-hydroxylation sites is 1. The first kappa shape index (κ1) is 29.5. The van der Waals surface area contributed by atoms with Crippen LogP contribution in [0.15, 0.2) is 72.8 Å². The fourth-order valence-electron chi connectivity index (χ4n) is 4.47. The topological polar surface area (TPSA) is 112 Å². The summed E-state index contributed by atoms with van der Waals surface area (Å²) in [5.74, 6) is -0.00405. The molecule has 1 heterocycles. The van der Waals surface area contributed by atoms with Crippen LogP contribution >= 0.6 is 0 Å². The second-order valence-electron chi connectivity index (χ2n) is 10.7. The van der Waals surface area contributed by atoms with Gasteiger partial charge < -0.3 is 29.6 Å². The highest BCUT2D eigenvalue weighted by Crippen LogP contribution is 2.35. The lowest BCUT2D eigenvalue weighted by atomic mass is 9.97. The number of hydrogen-bond donors (Lipinski definition) is 2. The standard InChI is InChI=1S/C32H36N2O7/c1-32(2,3)41-31(37)34-26-17-18-39-28-24(26)11-8-12-25(28)29(35)33-27(30(36)38-4)19-21-13-15-23(16-14-21)40-20-22-9-6-5-7-10-22/h5-16,26-27H,17-20H2,1-4H3,(H,33,35)(H,34,37). The summed E-state index contributed by atoms with van der Waals surface area (Å²) in [7, 11) is 1.28. The molecule has 0 aliphatic carbocycles. The normalized spacial score (nSPS) is 15.0. The molecule has 0 aromatic heterocycles. The number of methoxy groups -OCH3 is 1. The van der Waals surface area contributed by atoms with Crippen molar-refractivity contribution in [2.75, 3.05) is 13.7 Å². The molecular formula is C32H36N2O7. The maximum absolute atomic E-state index is 13.4. The molecule has 3 aromatic rings. The lowest BCUT2D eigenvalue weighted by Gasteiger charge is -2.29. The van der Waals surface area contributed by atoms with Crippen LogP contribution in [0.1, 0.15) is 60.3 Å². The molecule has 0 saturated heterocycles. The number of hydrogen-bond acceptors (Lipinski definition) is 7. The third-order valence-corrected chi connectivity index (χ3v) is 6.41. The Morgan fingerprint density at radius 1 is 0.951 bits per heavy atom. The fraction of sp³-hybridized carbons (Fsp3) is 0.344. The van der Waals surface area contributed by atoms with E-state index in [0.717, 1.165) is 11.1 Å². The summed E-state index contributed by atoms with van der Waals surface area (Å²) in [4.78, 5) is 38.4. The van der Waals surface area contributed by atoms with Crippen molar-refractivity contribution in [1.82, 2.24) is 10.6 Å². The van der Waals surface area contributed by atoms with Crippen molar-refractivity contribution >= 4 is 18.0 Å². The third kappa shape index (κ3) is 8.23. The Morgan fingerprint density at radius 2 is 1.68 bits per heavy atom. The van der Waals surface area contributed by atoms with Crippen molar-refractivity contribution in [3.8, 4) is 11.5 Å². The van der Waals surface area contributed by atoms with E-state index in [-0.39, 0.29) is 18.0 Å². The molecule has 0 fully saturated rings. The molecule has 216 valence electrons. The quantitative estimate of drug-likeness (QED) is 0.349. The monoisotopic (exact) mass is 560 g/mol. The number of carbonyl (C=O) groups is 3. The summed E-state index contributed by atoms with van der Waals surface area (Å²) < 4.78 is 22.1. The maximum Gasteiger partial charge on any atom is 0.408 e. The molecule has 2 unspecified atom stereocenters. The number of benzene rings is 3. The van der Waals surface area contributed by atoms with Gasteiger partial charge in [0.2, 0.25) is 0 Å². The highest BCUT2D eigenvalue weighted by molar-refractivity contribution is 5.99. The van der Waals surface area contributed by atoms with Crippen molar-refractivity contribution in [2.24, 2.45) is 0 Å². The van der Waals surface area contributed by atoms with Crippen molar-refractivity contribution in [3.63, 3.8) is 0 Å². The lowest BCUT2D eigenvalue weighted by molar-refractivity contribution is -0.142. The second-order valence-corrected chi connectivity index (χ2v) is 10.7. The van der Waals surface area contributed by atoms with Crippen LogP contribution in [0.2, 0.25) is 0 Å². The van der Waals surface area contributed by atoms with Gasteiger partial charge in [0, 0.05) is 18.4 Å². The summed E-state index contributed by atoms with van der Waals surface area (Å²) >= 11 is 0. The maximum atomic E-state index is 13.4. The average molecular weight is 561 g/mol. The van der Waals surface area contributed by atoms with Gasteiger partial charge in [-0.25, -0.2) is 9.59 Å². The molecule has 0 radical (unpaired) electrons. The van der Waals surface area contributed by atoms with Gasteiger partial charge in [-0.2, -0.15) is 0 Å². The van der Waals surface area contributed by atoms with Gasteiger partial charge >= 0.3 is 12.1 Å². The summed E-state index contributed by atoms with van der Waals surface area (Å²) in [5.41, 5.74) is 2.16. The molecule has 0 bridgehead atoms. The number of amides is 2. The Morgan fingerprint density at radius 3 is 2.37 bits per heavy atom. The fourth-order valence-corrected chi connectivity index (χ4v) is 4.47. The largest absolute Gasteiger partial charge is 0.492 e. The Hall–Kier alpha value is -4.53. The number of fused-ring (bicyclic) bond motifs is 1. The van der Waals surface area contributed by atoms with E-state index in [9.17, 15) is 14.4 Å². The van der Waals surface area contributed by atoms with Crippen LogP contribution in [0.25, 0.3) is 0 Å². The van der Waals surface area contributed by atoms with Crippen molar-refractivity contribution < 1.29 is 33.3 Å². The van der Waals surface area contributed by atoms with E-state index in [1.54, 1.807) is 39.0 Å². The predicted octanol–water partition coefficient (Wildman–Crippen LogP) is 5.13. The van der Waals surface area contributed by atoms with Gasteiger partial charge in [-0.1, -0.05) is 54.6 Å². The number of rotatable bonds is 9. The molecule has 0 spiro atoms. The van der Waals surface area contributed by atoms with E-state index < -0.39 is 29.6 Å². The van der Waals surface area contributed by atoms with Gasteiger partial charge in [0.15, 0.2) is 0 Å². The molecule has 9 nitrogen and oxygen atoms in total. The number of ether oxygens (including phenoxy) is 4. The number of esters is 1. The zero-order valence-electron chi connectivity index (χ0n) is 23.8. The summed E-state index contributed by atoms with van der Waals surface area (Å²) in [6, 6.07) is 21.0. The van der Waals surface area contributed by atoms with E-state index >= 15 is 0 Å². The molecule has 0 saturated carbocycles. The van der Waals surface area contributed by atoms with Crippen molar-refractivity contribution in [1.29, 1.82) is 0 Å². The van der Waals surface area contributed by atoms with Crippen molar-refractivity contribution in [3.05, 3.63) is 95.1 Å². The Kier molecular flexibility index (Phi) is 9.49. The molecule has 1 aliphatic rings. The minimum absolute atomic E-state index is 0.218. The number of nitrogens with one attached hydrogen (secondary N) is 2. The van der Waals surface area contributed by atoms with E-state index in [1.807, 2.05) is 54.6 Å². The van der Waals surface area contributed by atoms with Crippen LogP contribution in [-0.4, -0.2) is 43.3 Å². The molecule has 2 N–H and O–H groups in total. The van der Waals surface area contributed by atoms with Gasteiger partial charge in [0.1, 0.15) is 29.7 Å².